The SMILES string of the molecule is CC(=O)/C=C/CCC(F)(F)F. The summed E-state index contributed by atoms with van der Waals surface area (Å²) in [5, 5.41) is 0. The molecule has 0 aromatic heterocycles. The smallest absolute Gasteiger partial charge is 0.295 e. The lowest BCUT2D eigenvalue weighted by Crippen LogP contribution is -2.05. The first-order valence-electron chi connectivity index (χ1n) is 3.15. The van der Waals surface area contributed by atoms with Gasteiger partial charge in [0.25, 0.3) is 0 Å². The molecule has 0 heterocycles. The number of carbonyl (C=O) groups is 1. The third-order valence-electron chi connectivity index (χ3n) is 0.947. The molecule has 1 nitrogen and oxygen atoms in total. The second-order valence-corrected chi connectivity index (χ2v) is 2.17. The number of alkyl halides is 3. The van der Waals surface area contributed by atoms with Crippen LogP contribution in [0, 0.1) is 0 Å². The Morgan fingerprint density at radius 2 is 2.00 bits per heavy atom. The molecule has 64 valence electrons. The van der Waals surface area contributed by atoms with E-state index in [1.54, 1.807) is 0 Å². The van der Waals surface area contributed by atoms with Crippen LogP contribution >= 0.6 is 0 Å². The summed E-state index contributed by atoms with van der Waals surface area (Å²) in [5.41, 5.74) is 0. The quantitative estimate of drug-likeness (QED) is 0.588. The lowest BCUT2D eigenvalue weighted by molar-refractivity contribution is -0.133. The first-order valence-corrected chi connectivity index (χ1v) is 3.15. The Morgan fingerprint density at radius 1 is 1.45 bits per heavy atom. The Kier molecular flexibility index (Phi) is 3.85. The van der Waals surface area contributed by atoms with E-state index in [1.807, 2.05) is 0 Å². The van der Waals surface area contributed by atoms with Crippen molar-refractivity contribution in [3.8, 4) is 0 Å². The third-order valence-corrected chi connectivity index (χ3v) is 0.947. The standard InChI is InChI=1S/C7H9F3O/c1-6(11)4-2-3-5-7(8,9)10/h2,4H,3,5H2,1H3/b4-2+. The average Bonchev–Trinajstić information content (AvgIpc) is 1.78. The Labute approximate surface area is 62.9 Å². The minimum Gasteiger partial charge on any atom is -0.295 e. The second-order valence-electron chi connectivity index (χ2n) is 2.17. The monoisotopic (exact) mass is 166 g/mol. The van der Waals surface area contributed by atoms with Crippen LogP contribution in [0.4, 0.5) is 13.2 Å². The minimum atomic E-state index is -4.12. The number of carbonyl (C=O) groups excluding carboxylic acids is 1. The summed E-state index contributed by atoms with van der Waals surface area (Å²) in [6.45, 7) is 1.30. The van der Waals surface area contributed by atoms with Gasteiger partial charge in [-0.3, -0.25) is 4.79 Å². The molecule has 0 fully saturated rings. The fourth-order valence-corrected chi connectivity index (χ4v) is 0.496. The maximum absolute atomic E-state index is 11.5. The van der Waals surface area contributed by atoms with E-state index < -0.39 is 12.6 Å². The third kappa shape index (κ3) is 9.20. The van der Waals surface area contributed by atoms with E-state index >= 15 is 0 Å². The molecule has 0 aliphatic rings. The van der Waals surface area contributed by atoms with Gasteiger partial charge in [0.1, 0.15) is 0 Å². The van der Waals surface area contributed by atoms with E-state index in [4.69, 9.17) is 0 Å². The summed E-state index contributed by atoms with van der Waals surface area (Å²) in [6, 6.07) is 0. The van der Waals surface area contributed by atoms with Crippen LogP contribution in [0.1, 0.15) is 19.8 Å². The normalized spacial score (nSPS) is 12.4. The highest BCUT2D eigenvalue weighted by Crippen LogP contribution is 2.21. The van der Waals surface area contributed by atoms with Gasteiger partial charge in [-0.25, -0.2) is 0 Å². The number of halogens is 3. The molecular formula is C7H9F3O. The minimum absolute atomic E-state index is 0.122. The molecule has 0 aliphatic heterocycles. The van der Waals surface area contributed by atoms with Crippen LogP contribution in [-0.2, 0) is 4.79 Å². The van der Waals surface area contributed by atoms with E-state index in [9.17, 15) is 18.0 Å². The summed E-state index contributed by atoms with van der Waals surface area (Å²) < 4.78 is 34.4. The molecule has 0 bridgehead atoms. The number of rotatable bonds is 3. The zero-order valence-electron chi connectivity index (χ0n) is 6.11. The zero-order chi connectivity index (χ0) is 8.91. The van der Waals surface area contributed by atoms with Crippen LogP contribution in [0.15, 0.2) is 12.2 Å². The fourth-order valence-electron chi connectivity index (χ4n) is 0.496. The van der Waals surface area contributed by atoms with Gasteiger partial charge >= 0.3 is 6.18 Å². The molecule has 0 saturated carbocycles. The van der Waals surface area contributed by atoms with Gasteiger partial charge in [-0.2, -0.15) is 13.2 Å². The maximum atomic E-state index is 11.5. The van der Waals surface area contributed by atoms with Gasteiger partial charge in [-0.1, -0.05) is 6.08 Å². The van der Waals surface area contributed by atoms with Crippen molar-refractivity contribution in [1.82, 2.24) is 0 Å². The van der Waals surface area contributed by atoms with Crippen molar-refractivity contribution in [2.75, 3.05) is 0 Å². The highest BCUT2D eigenvalue weighted by atomic mass is 19.4. The van der Waals surface area contributed by atoms with E-state index in [0.717, 1.165) is 6.08 Å². The molecule has 0 radical (unpaired) electrons. The van der Waals surface area contributed by atoms with Crippen molar-refractivity contribution < 1.29 is 18.0 Å². The van der Waals surface area contributed by atoms with E-state index in [1.165, 1.54) is 13.0 Å². The maximum Gasteiger partial charge on any atom is 0.389 e. The highest BCUT2D eigenvalue weighted by molar-refractivity contribution is 5.87. The number of allylic oxidation sites excluding steroid dienone is 2. The van der Waals surface area contributed by atoms with Gasteiger partial charge in [-0.05, 0) is 19.4 Å². The first-order chi connectivity index (χ1) is 4.92. The summed E-state index contributed by atoms with van der Waals surface area (Å²) in [4.78, 5) is 10.2. The Bertz CT molecular complexity index is 158. The molecule has 0 atom stereocenters. The molecule has 0 aromatic carbocycles. The number of hydrogen-bond donors (Lipinski definition) is 0. The van der Waals surface area contributed by atoms with Crippen molar-refractivity contribution in [2.24, 2.45) is 0 Å². The lowest BCUT2D eigenvalue weighted by Gasteiger charge is -2.01. The van der Waals surface area contributed by atoms with Crippen LogP contribution in [0.5, 0.6) is 0 Å². The second kappa shape index (κ2) is 4.16. The summed E-state index contributed by atoms with van der Waals surface area (Å²) in [6.07, 6.45) is -2.73. The summed E-state index contributed by atoms with van der Waals surface area (Å²) in [7, 11) is 0. The Balaban J connectivity index is 3.50. The van der Waals surface area contributed by atoms with Gasteiger partial charge in [0.2, 0.25) is 0 Å². The van der Waals surface area contributed by atoms with E-state index in [0.29, 0.717) is 0 Å². The molecule has 0 saturated heterocycles. The lowest BCUT2D eigenvalue weighted by atomic mass is 10.2. The van der Waals surface area contributed by atoms with Crippen LogP contribution in [-0.4, -0.2) is 12.0 Å². The molecule has 0 amide bonds. The van der Waals surface area contributed by atoms with Gasteiger partial charge in [0.05, 0.1) is 0 Å². The van der Waals surface area contributed by atoms with Crippen molar-refractivity contribution >= 4 is 5.78 Å². The first kappa shape index (κ1) is 10.2. The van der Waals surface area contributed by atoms with Crippen molar-refractivity contribution in [3.63, 3.8) is 0 Å². The van der Waals surface area contributed by atoms with Crippen LogP contribution < -0.4 is 0 Å². The predicted octanol–water partition coefficient (Wildman–Crippen LogP) is 2.47. The van der Waals surface area contributed by atoms with Crippen LogP contribution in [0.3, 0.4) is 0 Å². The number of hydrogen-bond acceptors (Lipinski definition) is 1. The van der Waals surface area contributed by atoms with E-state index in [2.05, 4.69) is 0 Å². The van der Waals surface area contributed by atoms with E-state index in [-0.39, 0.29) is 12.2 Å². The predicted molar refractivity (Wildman–Crippen MR) is 35.1 cm³/mol. The summed E-state index contributed by atoms with van der Waals surface area (Å²) in [5.74, 6) is -0.229. The molecule has 0 aliphatic carbocycles. The van der Waals surface area contributed by atoms with Crippen LogP contribution in [0.2, 0.25) is 0 Å². The largest absolute Gasteiger partial charge is 0.389 e. The van der Waals surface area contributed by atoms with Gasteiger partial charge in [0, 0.05) is 6.42 Å². The topological polar surface area (TPSA) is 17.1 Å². The van der Waals surface area contributed by atoms with Crippen molar-refractivity contribution in [1.29, 1.82) is 0 Å². The molecule has 4 heteroatoms. The zero-order valence-corrected chi connectivity index (χ0v) is 6.11. The fraction of sp³-hybridized carbons (Fsp3) is 0.571. The van der Waals surface area contributed by atoms with Gasteiger partial charge in [0.15, 0.2) is 5.78 Å². The Morgan fingerprint density at radius 3 is 2.36 bits per heavy atom. The average molecular weight is 166 g/mol. The summed E-state index contributed by atoms with van der Waals surface area (Å²) >= 11 is 0. The van der Waals surface area contributed by atoms with Crippen molar-refractivity contribution in [3.05, 3.63) is 12.2 Å². The van der Waals surface area contributed by atoms with Gasteiger partial charge in [-0.15, -0.1) is 0 Å². The molecule has 0 N–H and O–H groups in total. The highest BCUT2D eigenvalue weighted by Gasteiger charge is 2.25. The Hall–Kier alpha value is -0.800. The molecule has 0 spiro atoms. The molecular weight excluding hydrogens is 157 g/mol. The number of ketones is 1. The molecule has 0 rings (SSSR count). The molecule has 0 unspecified atom stereocenters. The van der Waals surface area contributed by atoms with Crippen LogP contribution in [0.25, 0.3) is 0 Å². The van der Waals surface area contributed by atoms with Crippen molar-refractivity contribution in [2.45, 2.75) is 25.9 Å². The molecule has 0 aromatic rings. The van der Waals surface area contributed by atoms with Gasteiger partial charge < -0.3 is 0 Å². The molecule has 11 heavy (non-hydrogen) atoms.